The average molecular weight is 262 g/mol. The van der Waals surface area contributed by atoms with Crippen LogP contribution in [0.3, 0.4) is 0 Å². The van der Waals surface area contributed by atoms with Gasteiger partial charge in [0, 0.05) is 33.1 Å². The molecule has 1 amide bonds. The van der Waals surface area contributed by atoms with Crippen LogP contribution in [-0.4, -0.2) is 56.0 Å². The third kappa shape index (κ3) is 3.67. The van der Waals surface area contributed by atoms with Gasteiger partial charge in [0.2, 0.25) is 15.9 Å². The zero-order chi connectivity index (χ0) is 13.1. The molecule has 17 heavy (non-hydrogen) atoms. The van der Waals surface area contributed by atoms with E-state index in [-0.39, 0.29) is 17.6 Å². The number of rotatable bonds is 6. The van der Waals surface area contributed by atoms with E-state index in [1.165, 1.54) is 4.31 Å². The minimum atomic E-state index is -3.14. The van der Waals surface area contributed by atoms with E-state index in [1.54, 1.807) is 11.9 Å². The van der Waals surface area contributed by atoms with Gasteiger partial charge in [-0.2, -0.15) is 0 Å². The summed E-state index contributed by atoms with van der Waals surface area (Å²) in [5.41, 5.74) is 0. The highest BCUT2D eigenvalue weighted by Crippen LogP contribution is 2.19. The van der Waals surface area contributed by atoms with Crippen molar-refractivity contribution in [1.82, 2.24) is 9.21 Å². The number of carbonyl (C=O) groups excluding carboxylic acids is 1. The fourth-order valence-electron chi connectivity index (χ4n) is 2.17. The standard InChI is InChI=1S/C11H22N2O3S/c1-4-6-17(15,16)12(3)8-10-7-11(14)13(5-2)9-10/h10H,4-9H2,1-3H3/t10-/m1/s1. The summed E-state index contributed by atoms with van der Waals surface area (Å²) in [6, 6.07) is 0. The Morgan fingerprint density at radius 3 is 2.53 bits per heavy atom. The summed E-state index contributed by atoms with van der Waals surface area (Å²) in [6.45, 7) is 5.63. The summed E-state index contributed by atoms with van der Waals surface area (Å²) in [7, 11) is -1.53. The molecule has 1 aliphatic heterocycles. The molecule has 1 aliphatic rings. The highest BCUT2D eigenvalue weighted by molar-refractivity contribution is 7.89. The van der Waals surface area contributed by atoms with E-state index >= 15 is 0 Å². The monoisotopic (exact) mass is 262 g/mol. The first-order valence-corrected chi connectivity index (χ1v) is 7.73. The Balaban J connectivity index is 2.54. The second-order valence-electron chi connectivity index (χ2n) is 4.60. The van der Waals surface area contributed by atoms with Crippen LogP contribution < -0.4 is 0 Å². The third-order valence-corrected chi connectivity index (χ3v) is 5.15. The first-order chi connectivity index (χ1) is 7.90. The van der Waals surface area contributed by atoms with Gasteiger partial charge >= 0.3 is 0 Å². The third-order valence-electron chi connectivity index (χ3n) is 3.13. The molecule has 0 aliphatic carbocycles. The van der Waals surface area contributed by atoms with Crippen molar-refractivity contribution >= 4 is 15.9 Å². The van der Waals surface area contributed by atoms with Crippen LogP contribution in [0.15, 0.2) is 0 Å². The van der Waals surface area contributed by atoms with E-state index in [9.17, 15) is 13.2 Å². The molecule has 1 fully saturated rings. The van der Waals surface area contributed by atoms with Crippen molar-refractivity contribution in [3.63, 3.8) is 0 Å². The Morgan fingerprint density at radius 2 is 2.06 bits per heavy atom. The van der Waals surface area contributed by atoms with Crippen molar-refractivity contribution in [2.75, 3.05) is 32.4 Å². The second-order valence-corrected chi connectivity index (χ2v) is 6.79. The molecule has 0 aromatic carbocycles. The number of nitrogens with zero attached hydrogens (tertiary/aromatic N) is 2. The predicted molar refractivity (Wildman–Crippen MR) is 67.1 cm³/mol. The first-order valence-electron chi connectivity index (χ1n) is 6.12. The Kier molecular flexibility index (Phi) is 4.94. The summed E-state index contributed by atoms with van der Waals surface area (Å²) < 4.78 is 25.0. The zero-order valence-corrected chi connectivity index (χ0v) is 11.7. The molecule has 6 heteroatoms. The maximum absolute atomic E-state index is 11.8. The van der Waals surface area contributed by atoms with E-state index in [0.29, 0.717) is 32.5 Å². The second kappa shape index (κ2) is 5.82. The van der Waals surface area contributed by atoms with Gasteiger partial charge < -0.3 is 4.90 Å². The molecule has 0 aromatic rings. The number of carbonyl (C=O) groups is 1. The van der Waals surface area contributed by atoms with Crippen LogP contribution in [0.2, 0.25) is 0 Å². The molecule has 1 rings (SSSR count). The highest BCUT2D eigenvalue weighted by Gasteiger charge is 2.31. The molecule has 5 nitrogen and oxygen atoms in total. The van der Waals surface area contributed by atoms with E-state index in [2.05, 4.69) is 0 Å². The lowest BCUT2D eigenvalue weighted by Gasteiger charge is -2.20. The minimum absolute atomic E-state index is 0.138. The summed E-state index contributed by atoms with van der Waals surface area (Å²) >= 11 is 0. The molecular weight excluding hydrogens is 240 g/mol. The lowest BCUT2D eigenvalue weighted by atomic mass is 10.1. The number of amides is 1. The van der Waals surface area contributed by atoms with Crippen molar-refractivity contribution in [3.05, 3.63) is 0 Å². The Hall–Kier alpha value is -0.620. The van der Waals surface area contributed by atoms with Crippen molar-refractivity contribution in [2.24, 2.45) is 5.92 Å². The van der Waals surface area contributed by atoms with Crippen molar-refractivity contribution in [1.29, 1.82) is 0 Å². The molecular formula is C11H22N2O3S. The van der Waals surface area contributed by atoms with Gasteiger partial charge in [0.1, 0.15) is 0 Å². The molecule has 0 aromatic heterocycles. The van der Waals surface area contributed by atoms with Gasteiger partial charge in [0.25, 0.3) is 0 Å². The van der Waals surface area contributed by atoms with Gasteiger partial charge in [-0.3, -0.25) is 4.79 Å². The maximum atomic E-state index is 11.8. The predicted octanol–water partition coefficient (Wildman–Crippen LogP) is 0.526. The highest BCUT2D eigenvalue weighted by atomic mass is 32.2. The van der Waals surface area contributed by atoms with Gasteiger partial charge in [0.05, 0.1) is 5.75 Å². The topological polar surface area (TPSA) is 57.7 Å². The lowest BCUT2D eigenvalue weighted by Crippen LogP contribution is -2.34. The van der Waals surface area contributed by atoms with Gasteiger partial charge in [-0.1, -0.05) is 6.92 Å². The van der Waals surface area contributed by atoms with Crippen LogP contribution in [0, 0.1) is 5.92 Å². The Labute approximate surface area is 104 Å². The molecule has 0 radical (unpaired) electrons. The van der Waals surface area contributed by atoms with Crippen LogP contribution in [0.25, 0.3) is 0 Å². The Bertz CT molecular complexity index is 367. The summed E-state index contributed by atoms with van der Waals surface area (Å²) in [6.07, 6.45) is 1.09. The van der Waals surface area contributed by atoms with Gasteiger partial charge in [-0.15, -0.1) is 0 Å². The first kappa shape index (κ1) is 14.4. The molecule has 100 valence electrons. The van der Waals surface area contributed by atoms with Gasteiger partial charge in [0.15, 0.2) is 0 Å². The number of sulfonamides is 1. The van der Waals surface area contributed by atoms with Crippen molar-refractivity contribution in [2.45, 2.75) is 26.7 Å². The average Bonchev–Trinajstić information content (AvgIpc) is 2.58. The quantitative estimate of drug-likeness (QED) is 0.701. The molecule has 1 saturated heterocycles. The Morgan fingerprint density at radius 1 is 1.41 bits per heavy atom. The van der Waals surface area contributed by atoms with Crippen molar-refractivity contribution < 1.29 is 13.2 Å². The summed E-state index contributed by atoms with van der Waals surface area (Å²) in [5.74, 6) is 0.458. The van der Waals surface area contributed by atoms with Crippen LogP contribution in [-0.2, 0) is 14.8 Å². The van der Waals surface area contributed by atoms with Gasteiger partial charge in [-0.05, 0) is 19.3 Å². The van der Waals surface area contributed by atoms with Crippen LogP contribution >= 0.6 is 0 Å². The van der Waals surface area contributed by atoms with Gasteiger partial charge in [-0.25, -0.2) is 12.7 Å². The molecule has 1 heterocycles. The molecule has 0 spiro atoms. The van der Waals surface area contributed by atoms with Crippen LogP contribution in [0.1, 0.15) is 26.7 Å². The van der Waals surface area contributed by atoms with E-state index in [4.69, 9.17) is 0 Å². The van der Waals surface area contributed by atoms with E-state index in [0.717, 1.165) is 0 Å². The van der Waals surface area contributed by atoms with E-state index in [1.807, 2.05) is 13.8 Å². The fourth-order valence-corrected chi connectivity index (χ4v) is 3.44. The molecule has 0 unspecified atom stereocenters. The van der Waals surface area contributed by atoms with E-state index < -0.39 is 10.0 Å². The lowest BCUT2D eigenvalue weighted by molar-refractivity contribution is -0.127. The van der Waals surface area contributed by atoms with Crippen molar-refractivity contribution in [3.8, 4) is 0 Å². The van der Waals surface area contributed by atoms with Crippen LogP contribution in [0.5, 0.6) is 0 Å². The summed E-state index contributed by atoms with van der Waals surface area (Å²) in [5, 5.41) is 0. The largest absolute Gasteiger partial charge is 0.343 e. The number of hydrogen-bond donors (Lipinski definition) is 0. The minimum Gasteiger partial charge on any atom is -0.343 e. The summed E-state index contributed by atoms with van der Waals surface area (Å²) in [4.78, 5) is 13.3. The SMILES string of the molecule is CCCS(=O)(=O)N(C)C[C@H]1CC(=O)N(CC)C1. The molecule has 0 N–H and O–H groups in total. The normalized spacial score (nSPS) is 21.5. The number of likely N-dealkylation sites (tertiary alicyclic amines) is 1. The molecule has 0 saturated carbocycles. The number of hydrogen-bond acceptors (Lipinski definition) is 3. The maximum Gasteiger partial charge on any atom is 0.222 e. The van der Waals surface area contributed by atoms with Crippen LogP contribution in [0.4, 0.5) is 0 Å². The smallest absolute Gasteiger partial charge is 0.222 e. The molecule has 1 atom stereocenters. The molecule has 0 bridgehead atoms. The zero-order valence-electron chi connectivity index (χ0n) is 10.8. The fraction of sp³-hybridized carbons (Fsp3) is 0.909.